The first-order valence-corrected chi connectivity index (χ1v) is 12.3. The van der Waals surface area contributed by atoms with Gasteiger partial charge in [-0.2, -0.15) is 0 Å². The summed E-state index contributed by atoms with van der Waals surface area (Å²) in [6.45, 7) is 5.66. The van der Waals surface area contributed by atoms with Gasteiger partial charge in [-0.25, -0.2) is 22.3 Å². The average Bonchev–Trinajstić information content (AvgIpc) is 3.50. The normalized spacial score (nSPS) is 19.4. The highest BCUT2D eigenvalue weighted by atomic mass is 32.2. The Morgan fingerprint density at radius 1 is 1.31 bits per heavy atom. The third-order valence-electron chi connectivity index (χ3n) is 5.69. The second kappa shape index (κ2) is 9.58. The summed E-state index contributed by atoms with van der Waals surface area (Å²) in [5, 5.41) is 2.26. The number of halogens is 1. The van der Waals surface area contributed by atoms with Crippen molar-refractivity contribution in [3.63, 3.8) is 0 Å². The molecule has 1 aromatic carbocycles. The summed E-state index contributed by atoms with van der Waals surface area (Å²) in [6.07, 6.45) is 5.76. The van der Waals surface area contributed by atoms with E-state index in [9.17, 15) is 22.4 Å². The van der Waals surface area contributed by atoms with Crippen LogP contribution in [0.1, 0.15) is 51.6 Å². The Morgan fingerprint density at radius 2 is 2.03 bits per heavy atom. The van der Waals surface area contributed by atoms with Gasteiger partial charge in [0, 0.05) is 12.6 Å². The van der Waals surface area contributed by atoms with Gasteiger partial charge >= 0.3 is 6.03 Å². The van der Waals surface area contributed by atoms with E-state index in [1.54, 1.807) is 32.9 Å². The van der Waals surface area contributed by atoms with Gasteiger partial charge in [0.05, 0.1) is 12.4 Å². The number of hydrogen-bond acceptors (Lipinski definition) is 5. The topological polar surface area (TPSA) is 105 Å². The van der Waals surface area contributed by atoms with Crippen LogP contribution in [0, 0.1) is 11.7 Å². The largest absolute Gasteiger partial charge is 0.490 e. The molecule has 1 aliphatic heterocycles. The molecule has 176 valence electrons. The summed E-state index contributed by atoms with van der Waals surface area (Å²) in [4.78, 5) is 25.0. The smallest absolute Gasteiger partial charge is 0.325 e. The van der Waals surface area contributed by atoms with Gasteiger partial charge in [-0.05, 0) is 63.6 Å². The second-order valence-corrected chi connectivity index (χ2v) is 10.7. The maximum Gasteiger partial charge on any atom is 0.325 e. The van der Waals surface area contributed by atoms with Crippen molar-refractivity contribution in [1.82, 2.24) is 14.9 Å². The van der Waals surface area contributed by atoms with Crippen LogP contribution in [0.3, 0.4) is 0 Å². The quantitative estimate of drug-likeness (QED) is 0.385. The van der Waals surface area contributed by atoms with E-state index in [2.05, 4.69) is 10.0 Å². The van der Waals surface area contributed by atoms with E-state index in [-0.39, 0.29) is 30.4 Å². The van der Waals surface area contributed by atoms with Crippen LogP contribution in [-0.2, 0) is 14.8 Å². The van der Waals surface area contributed by atoms with Crippen LogP contribution in [0.2, 0.25) is 0 Å². The predicted molar refractivity (Wildman–Crippen MR) is 118 cm³/mol. The summed E-state index contributed by atoms with van der Waals surface area (Å²) in [6, 6.07) is 3.35. The van der Waals surface area contributed by atoms with Crippen molar-refractivity contribution in [2.45, 2.75) is 51.6 Å². The predicted octanol–water partition coefficient (Wildman–Crippen LogP) is 2.87. The standard InChI is InChI=1S/C22H30FN3O5S/c1-15(17-9-10-18(23)19(13-17)31-14-16-7-8-16)25-32(29,30)12-6-4-5-11-26-21(28)24-20(27)22(26,2)3/h4-5,9-10,13,15-16,25H,6-8,11-12,14H2,1-3H3,(H,24,27,28)/b5-4+. The van der Waals surface area contributed by atoms with Gasteiger partial charge in [-0.1, -0.05) is 18.2 Å². The zero-order chi connectivity index (χ0) is 23.5. The fraction of sp³-hybridized carbons (Fsp3) is 0.545. The Kier molecular flexibility index (Phi) is 7.24. The first kappa shape index (κ1) is 24.2. The van der Waals surface area contributed by atoms with Gasteiger partial charge in [0.1, 0.15) is 5.54 Å². The monoisotopic (exact) mass is 467 g/mol. The number of rotatable bonds is 11. The molecular weight excluding hydrogens is 437 g/mol. The molecule has 2 N–H and O–H groups in total. The minimum Gasteiger partial charge on any atom is -0.490 e. The van der Waals surface area contributed by atoms with Gasteiger partial charge in [0.25, 0.3) is 5.91 Å². The molecule has 0 aromatic heterocycles. The Bertz CT molecular complexity index is 1000. The summed E-state index contributed by atoms with van der Waals surface area (Å²) >= 11 is 0. The molecular formula is C22H30FN3O5S. The van der Waals surface area contributed by atoms with Crippen molar-refractivity contribution in [2.75, 3.05) is 18.9 Å². The first-order valence-electron chi connectivity index (χ1n) is 10.7. The molecule has 1 unspecified atom stereocenters. The van der Waals surface area contributed by atoms with E-state index in [0.717, 1.165) is 12.8 Å². The molecule has 0 bridgehead atoms. The van der Waals surface area contributed by atoms with Crippen LogP contribution in [0.5, 0.6) is 5.75 Å². The van der Waals surface area contributed by atoms with Crippen molar-refractivity contribution in [3.8, 4) is 5.75 Å². The first-order chi connectivity index (χ1) is 15.0. The van der Waals surface area contributed by atoms with Crippen LogP contribution in [0.15, 0.2) is 30.4 Å². The lowest BCUT2D eigenvalue weighted by molar-refractivity contribution is -0.124. The molecule has 3 rings (SSSR count). The number of nitrogens with zero attached hydrogens (tertiary/aromatic N) is 1. The zero-order valence-corrected chi connectivity index (χ0v) is 19.4. The van der Waals surface area contributed by atoms with Crippen molar-refractivity contribution in [1.29, 1.82) is 0 Å². The zero-order valence-electron chi connectivity index (χ0n) is 18.6. The highest BCUT2D eigenvalue weighted by Gasteiger charge is 2.44. The van der Waals surface area contributed by atoms with Crippen molar-refractivity contribution in [3.05, 3.63) is 41.7 Å². The molecule has 0 spiro atoms. The summed E-state index contributed by atoms with van der Waals surface area (Å²) in [5.74, 6) is -0.358. The molecule has 8 nitrogen and oxygen atoms in total. The second-order valence-electron chi connectivity index (χ2n) is 8.79. The third-order valence-corrected chi connectivity index (χ3v) is 7.17. The molecule has 1 heterocycles. The Balaban J connectivity index is 1.49. The number of allylic oxidation sites excluding steroid dienone is 1. The minimum atomic E-state index is -3.59. The van der Waals surface area contributed by atoms with Crippen LogP contribution in [-0.4, -0.2) is 49.7 Å². The highest BCUT2D eigenvalue weighted by Crippen LogP contribution is 2.31. The van der Waals surface area contributed by atoms with Crippen molar-refractivity contribution < 1.29 is 27.1 Å². The fourth-order valence-corrected chi connectivity index (χ4v) is 4.55. The van der Waals surface area contributed by atoms with E-state index < -0.39 is 33.5 Å². The molecule has 2 fully saturated rings. The number of amides is 3. The van der Waals surface area contributed by atoms with E-state index in [4.69, 9.17) is 4.74 Å². The van der Waals surface area contributed by atoms with Gasteiger partial charge in [0.15, 0.2) is 11.6 Å². The SMILES string of the molecule is CC(NS(=O)(=O)CC/C=C/CN1C(=O)NC(=O)C1(C)C)c1ccc(F)c(OCC2CC2)c1. The lowest BCUT2D eigenvalue weighted by atomic mass is 10.0. The van der Waals surface area contributed by atoms with Crippen molar-refractivity contribution >= 4 is 22.0 Å². The number of urea groups is 1. The number of benzene rings is 1. The lowest BCUT2D eigenvalue weighted by Gasteiger charge is -2.26. The highest BCUT2D eigenvalue weighted by molar-refractivity contribution is 7.89. The molecule has 32 heavy (non-hydrogen) atoms. The molecule has 1 aliphatic carbocycles. The molecule has 2 aliphatic rings. The number of hydrogen-bond donors (Lipinski definition) is 2. The lowest BCUT2D eigenvalue weighted by Crippen LogP contribution is -2.44. The Morgan fingerprint density at radius 3 is 2.66 bits per heavy atom. The number of ether oxygens (including phenoxy) is 1. The molecule has 0 radical (unpaired) electrons. The van der Waals surface area contributed by atoms with E-state index in [1.807, 2.05) is 0 Å². The maximum atomic E-state index is 14.0. The van der Waals surface area contributed by atoms with Crippen LogP contribution >= 0.6 is 0 Å². The van der Waals surface area contributed by atoms with Gasteiger partial charge < -0.3 is 9.64 Å². The van der Waals surface area contributed by atoms with Crippen LogP contribution in [0.4, 0.5) is 9.18 Å². The molecule has 1 atom stereocenters. The molecule has 10 heteroatoms. The Labute approximate surface area is 188 Å². The molecule has 1 aromatic rings. The third kappa shape index (κ3) is 6.07. The van der Waals surface area contributed by atoms with E-state index in [1.165, 1.54) is 23.1 Å². The summed E-state index contributed by atoms with van der Waals surface area (Å²) in [7, 11) is -3.59. The number of imide groups is 1. The van der Waals surface area contributed by atoms with E-state index >= 15 is 0 Å². The number of carbonyl (C=O) groups is 2. The van der Waals surface area contributed by atoms with Gasteiger partial charge in [-0.15, -0.1) is 0 Å². The minimum absolute atomic E-state index is 0.135. The number of carbonyl (C=O) groups excluding carboxylic acids is 2. The summed E-state index contributed by atoms with van der Waals surface area (Å²) < 4.78 is 47.0. The summed E-state index contributed by atoms with van der Waals surface area (Å²) in [5.41, 5.74) is -0.329. The van der Waals surface area contributed by atoms with E-state index in [0.29, 0.717) is 18.1 Å². The molecule has 1 saturated carbocycles. The van der Waals surface area contributed by atoms with Gasteiger partial charge in [-0.3, -0.25) is 10.1 Å². The van der Waals surface area contributed by atoms with Gasteiger partial charge in [0.2, 0.25) is 10.0 Å². The number of nitrogens with one attached hydrogen (secondary N) is 2. The maximum absolute atomic E-state index is 14.0. The van der Waals surface area contributed by atoms with Crippen LogP contribution in [0.25, 0.3) is 0 Å². The Hall–Kier alpha value is -2.46. The molecule has 1 saturated heterocycles. The average molecular weight is 468 g/mol. The fourth-order valence-electron chi connectivity index (χ4n) is 3.31. The van der Waals surface area contributed by atoms with Crippen LogP contribution < -0.4 is 14.8 Å². The van der Waals surface area contributed by atoms with Crippen molar-refractivity contribution in [2.24, 2.45) is 5.92 Å². The number of sulfonamides is 1. The molecule has 3 amide bonds.